The summed E-state index contributed by atoms with van der Waals surface area (Å²) >= 11 is 0. The van der Waals surface area contributed by atoms with E-state index in [0.717, 1.165) is 23.1 Å². The van der Waals surface area contributed by atoms with Gasteiger partial charge in [0, 0.05) is 11.8 Å². The molecule has 0 radical (unpaired) electrons. The maximum Gasteiger partial charge on any atom is 0.137 e. The average Bonchev–Trinajstić information content (AvgIpc) is 2.89. The number of furan rings is 1. The zero-order valence-electron chi connectivity index (χ0n) is 10.2. The van der Waals surface area contributed by atoms with Crippen LogP contribution in [0.5, 0.6) is 5.75 Å². The van der Waals surface area contributed by atoms with Crippen molar-refractivity contribution in [3.8, 4) is 5.75 Å². The van der Waals surface area contributed by atoms with Crippen LogP contribution in [0.4, 0.5) is 0 Å². The van der Waals surface area contributed by atoms with E-state index in [1.165, 1.54) is 11.1 Å². The van der Waals surface area contributed by atoms with Gasteiger partial charge in [-0.3, -0.25) is 0 Å². The second-order valence-corrected chi connectivity index (χ2v) is 4.28. The van der Waals surface area contributed by atoms with Crippen molar-refractivity contribution in [1.82, 2.24) is 0 Å². The van der Waals surface area contributed by atoms with E-state index in [1.807, 2.05) is 18.2 Å². The van der Waals surface area contributed by atoms with Crippen LogP contribution < -0.4 is 4.74 Å². The van der Waals surface area contributed by atoms with E-state index < -0.39 is 0 Å². The highest BCUT2D eigenvalue weighted by Gasteiger charge is 2.04. The molecule has 3 rings (SSSR count). The molecule has 2 aromatic carbocycles. The lowest BCUT2D eigenvalue weighted by molar-refractivity contribution is 0.414. The molecule has 0 N–H and O–H groups in total. The lowest BCUT2D eigenvalue weighted by atomic mass is 10.0. The summed E-state index contributed by atoms with van der Waals surface area (Å²) in [5.41, 5.74) is 3.44. The Labute approximate surface area is 106 Å². The van der Waals surface area contributed by atoms with Crippen LogP contribution in [0.1, 0.15) is 11.1 Å². The van der Waals surface area contributed by atoms with Gasteiger partial charge in [-0.25, -0.2) is 0 Å². The van der Waals surface area contributed by atoms with Crippen molar-refractivity contribution in [2.45, 2.75) is 6.42 Å². The zero-order chi connectivity index (χ0) is 12.4. The van der Waals surface area contributed by atoms with Crippen LogP contribution in [-0.2, 0) is 6.42 Å². The third kappa shape index (κ3) is 1.97. The van der Waals surface area contributed by atoms with Gasteiger partial charge in [-0.05, 0) is 29.3 Å². The summed E-state index contributed by atoms with van der Waals surface area (Å²) in [6, 6.07) is 16.4. The third-order valence-electron chi connectivity index (χ3n) is 3.11. The number of hydrogen-bond donors (Lipinski definition) is 0. The summed E-state index contributed by atoms with van der Waals surface area (Å²) in [5, 5.41) is 1.15. The molecule has 0 fully saturated rings. The second-order valence-electron chi connectivity index (χ2n) is 4.28. The first-order chi connectivity index (χ1) is 8.86. The molecule has 2 heteroatoms. The molecule has 0 bridgehead atoms. The number of rotatable bonds is 3. The fourth-order valence-corrected chi connectivity index (χ4v) is 2.16. The first-order valence-corrected chi connectivity index (χ1v) is 5.95. The average molecular weight is 238 g/mol. The molecule has 0 amide bonds. The molecule has 0 aliphatic rings. The first kappa shape index (κ1) is 10.9. The fraction of sp³-hybridized carbons (Fsp3) is 0.125. The first-order valence-electron chi connectivity index (χ1n) is 5.95. The second kappa shape index (κ2) is 4.57. The normalized spacial score (nSPS) is 10.7. The predicted octanol–water partition coefficient (Wildman–Crippen LogP) is 4.03. The van der Waals surface area contributed by atoms with Gasteiger partial charge in [0.05, 0.1) is 13.4 Å². The molecule has 0 spiro atoms. The van der Waals surface area contributed by atoms with E-state index in [9.17, 15) is 0 Å². The van der Waals surface area contributed by atoms with Gasteiger partial charge in [0.2, 0.25) is 0 Å². The topological polar surface area (TPSA) is 22.4 Å². The molecule has 0 aliphatic carbocycles. The van der Waals surface area contributed by atoms with Crippen molar-refractivity contribution >= 4 is 11.0 Å². The quantitative estimate of drug-likeness (QED) is 0.687. The summed E-state index contributed by atoms with van der Waals surface area (Å²) in [6.45, 7) is 0. The van der Waals surface area contributed by atoms with E-state index in [-0.39, 0.29) is 0 Å². The maximum atomic E-state index is 5.54. The Balaban J connectivity index is 1.93. The number of methoxy groups -OCH3 is 1. The van der Waals surface area contributed by atoms with E-state index >= 15 is 0 Å². The Morgan fingerprint density at radius 2 is 1.83 bits per heavy atom. The fourth-order valence-electron chi connectivity index (χ4n) is 2.16. The van der Waals surface area contributed by atoms with Gasteiger partial charge in [-0.2, -0.15) is 0 Å². The molecule has 1 aromatic heterocycles. The van der Waals surface area contributed by atoms with Crippen LogP contribution >= 0.6 is 0 Å². The van der Waals surface area contributed by atoms with Crippen molar-refractivity contribution in [2.24, 2.45) is 0 Å². The molecule has 0 aliphatic heterocycles. The summed E-state index contributed by atoms with van der Waals surface area (Å²) in [7, 11) is 1.68. The minimum atomic E-state index is 0.870. The molecule has 18 heavy (non-hydrogen) atoms. The SMILES string of the molecule is COc1ccc(Cc2cccc3ccoc23)cc1. The minimum absolute atomic E-state index is 0.870. The molecule has 0 saturated heterocycles. The number of para-hydroxylation sites is 1. The van der Waals surface area contributed by atoms with Crippen molar-refractivity contribution in [3.63, 3.8) is 0 Å². The molecule has 0 unspecified atom stereocenters. The Kier molecular flexibility index (Phi) is 2.77. The monoisotopic (exact) mass is 238 g/mol. The van der Waals surface area contributed by atoms with Gasteiger partial charge in [0.1, 0.15) is 11.3 Å². The van der Waals surface area contributed by atoms with Crippen LogP contribution in [0, 0.1) is 0 Å². The summed E-state index contributed by atoms with van der Waals surface area (Å²) < 4.78 is 10.7. The smallest absolute Gasteiger partial charge is 0.137 e. The minimum Gasteiger partial charge on any atom is -0.497 e. The van der Waals surface area contributed by atoms with E-state index in [0.29, 0.717) is 0 Å². The zero-order valence-corrected chi connectivity index (χ0v) is 10.2. The third-order valence-corrected chi connectivity index (χ3v) is 3.11. The Morgan fingerprint density at radius 3 is 2.61 bits per heavy atom. The number of ether oxygens (including phenoxy) is 1. The van der Waals surface area contributed by atoms with Crippen LogP contribution in [0.2, 0.25) is 0 Å². The van der Waals surface area contributed by atoms with Gasteiger partial charge >= 0.3 is 0 Å². The molecule has 0 atom stereocenters. The molecule has 1 heterocycles. The number of hydrogen-bond acceptors (Lipinski definition) is 2. The van der Waals surface area contributed by atoms with Gasteiger partial charge in [0.15, 0.2) is 0 Å². The van der Waals surface area contributed by atoms with E-state index in [1.54, 1.807) is 13.4 Å². The van der Waals surface area contributed by atoms with Crippen molar-refractivity contribution in [3.05, 3.63) is 65.9 Å². The van der Waals surface area contributed by atoms with Crippen LogP contribution in [0.3, 0.4) is 0 Å². The highest BCUT2D eigenvalue weighted by atomic mass is 16.5. The van der Waals surface area contributed by atoms with Gasteiger partial charge in [-0.15, -0.1) is 0 Å². The largest absolute Gasteiger partial charge is 0.497 e. The van der Waals surface area contributed by atoms with Gasteiger partial charge < -0.3 is 9.15 Å². The summed E-state index contributed by atoms with van der Waals surface area (Å²) in [6.07, 6.45) is 2.61. The Hall–Kier alpha value is -2.22. The van der Waals surface area contributed by atoms with Crippen molar-refractivity contribution in [2.75, 3.05) is 7.11 Å². The van der Waals surface area contributed by atoms with E-state index in [4.69, 9.17) is 9.15 Å². The van der Waals surface area contributed by atoms with Crippen LogP contribution in [-0.4, -0.2) is 7.11 Å². The highest BCUT2D eigenvalue weighted by Crippen LogP contribution is 2.23. The lowest BCUT2D eigenvalue weighted by Crippen LogP contribution is -1.89. The summed E-state index contributed by atoms with van der Waals surface area (Å²) in [4.78, 5) is 0. The molecule has 90 valence electrons. The standard InChI is InChI=1S/C16H14O2/c1-17-15-7-5-12(6-8-15)11-14-4-2-3-13-9-10-18-16(13)14/h2-10H,11H2,1H3. The van der Waals surface area contributed by atoms with Gasteiger partial charge in [0.25, 0.3) is 0 Å². The van der Waals surface area contributed by atoms with Crippen LogP contribution in [0.25, 0.3) is 11.0 Å². The highest BCUT2D eigenvalue weighted by molar-refractivity contribution is 5.80. The Bertz CT molecular complexity index is 650. The molecular formula is C16H14O2. The number of fused-ring (bicyclic) bond motifs is 1. The maximum absolute atomic E-state index is 5.54. The van der Waals surface area contributed by atoms with Crippen LogP contribution in [0.15, 0.2) is 59.2 Å². The predicted molar refractivity (Wildman–Crippen MR) is 72.0 cm³/mol. The van der Waals surface area contributed by atoms with E-state index in [2.05, 4.69) is 30.3 Å². The molecule has 3 aromatic rings. The molecular weight excluding hydrogens is 224 g/mol. The Morgan fingerprint density at radius 1 is 1.00 bits per heavy atom. The van der Waals surface area contributed by atoms with Crippen molar-refractivity contribution in [1.29, 1.82) is 0 Å². The molecule has 2 nitrogen and oxygen atoms in total. The lowest BCUT2D eigenvalue weighted by Gasteiger charge is -2.04. The molecule has 0 saturated carbocycles. The van der Waals surface area contributed by atoms with Crippen molar-refractivity contribution < 1.29 is 9.15 Å². The number of benzene rings is 2. The summed E-state index contributed by atoms with van der Waals surface area (Å²) in [5.74, 6) is 0.884. The van der Waals surface area contributed by atoms with Gasteiger partial charge in [-0.1, -0.05) is 30.3 Å².